The molecule has 1 aromatic rings. The minimum Gasteiger partial charge on any atom is -0.324 e. The average molecular weight is 303 g/mol. The van der Waals surface area contributed by atoms with Crippen LogP contribution in [0.15, 0.2) is 23.3 Å². The van der Waals surface area contributed by atoms with E-state index in [9.17, 15) is 9.59 Å². The summed E-state index contributed by atoms with van der Waals surface area (Å²) in [6, 6.07) is 5.87. The molecule has 0 saturated heterocycles. The van der Waals surface area contributed by atoms with Gasteiger partial charge >= 0.3 is 0 Å². The molecule has 0 aromatic heterocycles. The first-order chi connectivity index (χ1) is 9.95. The number of carbonyl (C=O) groups is 2. The molecule has 0 aliphatic carbocycles. The Morgan fingerprint density at radius 1 is 1.38 bits per heavy atom. The number of amides is 2. The summed E-state index contributed by atoms with van der Waals surface area (Å²) < 4.78 is -0.576. The lowest BCUT2D eigenvalue weighted by Gasteiger charge is -2.22. The van der Waals surface area contributed by atoms with Crippen LogP contribution in [0.25, 0.3) is 0 Å². The quantitative estimate of drug-likeness (QED) is 0.878. The number of fused-ring (bicyclic) bond motifs is 1. The SMILES string of the molecule is CSC1(C)C(=O)Nc2ccc(C3=NNC(=O)CC3C)cc21. The molecule has 2 amide bonds. The van der Waals surface area contributed by atoms with Gasteiger partial charge in [-0.25, -0.2) is 5.43 Å². The van der Waals surface area contributed by atoms with Gasteiger partial charge in [0.25, 0.3) is 0 Å². The van der Waals surface area contributed by atoms with Gasteiger partial charge in [-0.3, -0.25) is 9.59 Å². The molecule has 110 valence electrons. The molecule has 0 saturated carbocycles. The lowest BCUT2D eigenvalue weighted by Crippen LogP contribution is -2.32. The largest absolute Gasteiger partial charge is 0.324 e. The van der Waals surface area contributed by atoms with Gasteiger partial charge < -0.3 is 5.32 Å². The highest BCUT2D eigenvalue weighted by Crippen LogP contribution is 2.45. The first kappa shape index (κ1) is 14.1. The topological polar surface area (TPSA) is 70.6 Å². The third kappa shape index (κ3) is 2.14. The van der Waals surface area contributed by atoms with Crippen LogP contribution in [0, 0.1) is 5.92 Å². The van der Waals surface area contributed by atoms with E-state index < -0.39 is 4.75 Å². The highest BCUT2D eigenvalue weighted by Gasteiger charge is 2.42. The predicted molar refractivity (Wildman–Crippen MR) is 84.4 cm³/mol. The molecule has 2 aliphatic rings. The first-order valence-corrected chi connectivity index (χ1v) is 8.06. The molecule has 5 nitrogen and oxygen atoms in total. The second kappa shape index (κ2) is 4.87. The lowest BCUT2D eigenvalue weighted by atomic mass is 9.91. The van der Waals surface area contributed by atoms with Gasteiger partial charge in [0.1, 0.15) is 4.75 Å². The van der Waals surface area contributed by atoms with E-state index in [4.69, 9.17) is 0 Å². The molecule has 1 aromatic carbocycles. The second-order valence-corrected chi connectivity index (χ2v) is 6.81. The number of hydrogen-bond donors (Lipinski definition) is 2. The molecule has 2 atom stereocenters. The molecular formula is C15H17N3O2S. The van der Waals surface area contributed by atoms with Crippen LogP contribution < -0.4 is 10.7 Å². The minimum atomic E-state index is -0.576. The molecule has 0 bridgehead atoms. The summed E-state index contributed by atoms with van der Waals surface area (Å²) in [6.07, 6.45) is 2.37. The van der Waals surface area contributed by atoms with Crippen LogP contribution in [0.1, 0.15) is 31.4 Å². The van der Waals surface area contributed by atoms with Crippen molar-refractivity contribution in [1.29, 1.82) is 0 Å². The van der Waals surface area contributed by atoms with Gasteiger partial charge in [0, 0.05) is 23.6 Å². The summed E-state index contributed by atoms with van der Waals surface area (Å²) >= 11 is 1.52. The van der Waals surface area contributed by atoms with Crippen molar-refractivity contribution in [3.63, 3.8) is 0 Å². The summed E-state index contributed by atoms with van der Waals surface area (Å²) in [5.41, 5.74) is 6.18. The Hall–Kier alpha value is -1.82. The van der Waals surface area contributed by atoms with E-state index in [1.54, 1.807) is 0 Å². The fraction of sp³-hybridized carbons (Fsp3) is 0.400. The number of rotatable bonds is 2. The Bertz CT molecular complexity index is 671. The van der Waals surface area contributed by atoms with E-state index in [2.05, 4.69) is 15.8 Å². The zero-order valence-electron chi connectivity index (χ0n) is 12.2. The van der Waals surface area contributed by atoms with Crippen LogP contribution in [0.5, 0.6) is 0 Å². The fourth-order valence-electron chi connectivity index (χ4n) is 2.78. The highest BCUT2D eigenvalue weighted by molar-refractivity contribution is 8.00. The summed E-state index contributed by atoms with van der Waals surface area (Å²) in [5, 5.41) is 7.10. The molecular weight excluding hydrogens is 286 g/mol. The Labute approximate surface area is 127 Å². The van der Waals surface area contributed by atoms with Crippen molar-refractivity contribution in [2.24, 2.45) is 11.0 Å². The lowest BCUT2D eigenvalue weighted by molar-refractivity contribution is -0.122. The van der Waals surface area contributed by atoms with Gasteiger partial charge in [0.15, 0.2) is 0 Å². The van der Waals surface area contributed by atoms with Crippen LogP contribution in [0.3, 0.4) is 0 Å². The van der Waals surface area contributed by atoms with Crippen LogP contribution in [-0.2, 0) is 14.3 Å². The van der Waals surface area contributed by atoms with Crippen molar-refractivity contribution in [1.82, 2.24) is 5.43 Å². The molecule has 0 fully saturated rings. The van der Waals surface area contributed by atoms with Gasteiger partial charge in [0.2, 0.25) is 11.8 Å². The van der Waals surface area contributed by atoms with Crippen molar-refractivity contribution >= 4 is 35.0 Å². The Kier molecular flexibility index (Phi) is 3.28. The number of carbonyl (C=O) groups excluding carboxylic acids is 2. The van der Waals surface area contributed by atoms with Gasteiger partial charge in [0.05, 0.1) is 5.71 Å². The zero-order valence-corrected chi connectivity index (χ0v) is 13.0. The van der Waals surface area contributed by atoms with E-state index in [0.717, 1.165) is 22.5 Å². The highest BCUT2D eigenvalue weighted by atomic mass is 32.2. The molecule has 6 heteroatoms. The molecule has 0 spiro atoms. The maximum atomic E-state index is 12.2. The minimum absolute atomic E-state index is 0.00841. The van der Waals surface area contributed by atoms with Crippen molar-refractivity contribution in [2.75, 3.05) is 11.6 Å². The summed E-state index contributed by atoms with van der Waals surface area (Å²) in [5.74, 6) is 0.0229. The maximum Gasteiger partial charge on any atom is 0.244 e. The van der Waals surface area contributed by atoms with Crippen molar-refractivity contribution in [2.45, 2.75) is 25.0 Å². The monoisotopic (exact) mass is 303 g/mol. The molecule has 0 radical (unpaired) electrons. The molecule has 2 N–H and O–H groups in total. The van der Waals surface area contributed by atoms with Crippen molar-refractivity contribution in [3.05, 3.63) is 29.3 Å². The standard InChI is InChI=1S/C15H17N3O2S/c1-8-6-12(19)17-18-13(8)9-4-5-11-10(7-9)15(2,21-3)14(20)16-11/h4-5,7-8H,6H2,1-3H3,(H,16,20)(H,17,19). The molecule has 21 heavy (non-hydrogen) atoms. The Balaban J connectivity index is 2.05. The van der Waals surface area contributed by atoms with E-state index in [1.807, 2.05) is 38.3 Å². The van der Waals surface area contributed by atoms with E-state index >= 15 is 0 Å². The average Bonchev–Trinajstić information content (AvgIpc) is 2.71. The summed E-state index contributed by atoms with van der Waals surface area (Å²) in [6.45, 7) is 3.92. The Morgan fingerprint density at radius 3 is 2.81 bits per heavy atom. The second-order valence-electron chi connectivity index (χ2n) is 5.59. The van der Waals surface area contributed by atoms with Crippen molar-refractivity contribution in [3.8, 4) is 0 Å². The normalized spacial score (nSPS) is 27.8. The Morgan fingerprint density at radius 2 is 2.14 bits per heavy atom. The predicted octanol–water partition coefficient (Wildman–Crippen LogP) is 2.08. The number of hydrogen-bond acceptors (Lipinski definition) is 4. The van der Waals surface area contributed by atoms with E-state index in [-0.39, 0.29) is 17.7 Å². The van der Waals surface area contributed by atoms with Crippen LogP contribution in [0.4, 0.5) is 5.69 Å². The third-order valence-corrected chi connectivity index (χ3v) is 5.40. The zero-order chi connectivity index (χ0) is 15.2. The van der Waals surface area contributed by atoms with Gasteiger partial charge in [-0.1, -0.05) is 13.0 Å². The first-order valence-electron chi connectivity index (χ1n) is 6.83. The maximum absolute atomic E-state index is 12.2. The van der Waals surface area contributed by atoms with E-state index in [0.29, 0.717) is 6.42 Å². The number of benzene rings is 1. The fourth-order valence-corrected chi connectivity index (χ4v) is 3.40. The number of nitrogens with zero attached hydrogens (tertiary/aromatic N) is 1. The van der Waals surface area contributed by atoms with Crippen LogP contribution in [0.2, 0.25) is 0 Å². The van der Waals surface area contributed by atoms with Crippen LogP contribution >= 0.6 is 11.8 Å². The summed E-state index contributed by atoms with van der Waals surface area (Å²) in [4.78, 5) is 23.5. The smallest absolute Gasteiger partial charge is 0.244 e. The molecule has 2 aliphatic heterocycles. The van der Waals surface area contributed by atoms with E-state index in [1.165, 1.54) is 11.8 Å². The number of anilines is 1. The molecule has 2 unspecified atom stereocenters. The number of hydrazone groups is 1. The third-order valence-electron chi connectivity index (χ3n) is 4.18. The van der Waals surface area contributed by atoms with Gasteiger partial charge in [-0.2, -0.15) is 5.10 Å². The molecule has 2 heterocycles. The number of thioether (sulfide) groups is 1. The van der Waals surface area contributed by atoms with Gasteiger partial charge in [-0.05, 0) is 30.9 Å². The number of nitrogens with one attached hydrogen (secondary N) is 2. The molecule has 3 rings (SSSR count). The summed E-state index contributed by atoms with van der Waals surface area (Å²) in [7, 11) is 0. The van der Waals surface area contributed by atoms with Crippen molar-refractivity contribution < 1.29 is 9.59 Å². The van der Waals surface area contributed by atoms with Gasteiger partial charge in [-0.15, -0.1) is 11.8 Å². The van der Waals surface area contributed by atoms with Crippen LogP contribution in [-0.4, -0.2) is 23.8 Å².